The zero-order chi connectivity index (χ0) is 18.6. The molecule has 0 saturated carbocycles. The molecule has 2 heterocycles. The maximum absolute atomic E-state index is 10.9. The van der Waals surface area contributed by atoms with Crippen molar-refractivity contribution in [2.45, 2.75) is 25.2 Å². The van der Waals surface area contributed by atoms with Crippen LogP contribution in [-0.4, -0.2) is 61.5 Å². The number of aromatic nitrogens is 4. The van der Waals surface area contributed by atoms with Crippen LogP contribution in [0.15, 0.2) is 34.5 Å². The van der Waals surface area contributed by atoms with Gasteiger partial charge in [-0.1, -0.05) is 6.07 Å². The minimum atomic E-state index is -0.132. The van der Waals surface area contributed by atoms with E-state index < -0.39 is 0 Å². The predicted molar refractivity (Wildman–Crippen MR) is 98.9 cm³/mol. The van der Waals surface area contributed by atoms with Crippen molar-refractivity contribution < 1.29 is 27.2 Å². The SMILES string of the molecule is CC(=O)Nc1cccc(-n2nnnc2[S-])c1.CC1N(C)N=C([S-])N1C.[Au+3]. The summed E-state index contributed by atoms with van der Waals surface area (Å²) in [6.45, 7) is 3.50. The zero-order valence-corrected chi connectivity index (χ0v) is 18.3. The Balaban J connectivity index is 0.000000290. The second-order valence-electron chi connectivity index (χ2n) is 5.30. The summed E-state index contributed by atoms with van der Waals surface area (Å²) < 4.78 is 1.42. The summed E-state index contributed by atoms with van der Waals surface area (Å²) >= 11 is 9.85. The van der Waals surface area contributed by atoms with Crippen molar-refractivity contribution in [3.05, 3.63) is 24.3 Å². The Labute approximate surface area is 178 Å². The van der Waals surface area contributed by atoms with Crippen LogP contribution in [0.2, 0.25) is 0 Å². The van der Waals surface area contributed by atoms with Crippen molar-refractivity contribution in [2.75, 3.05) is 19.4 Å². The van der Waals surface area contributed by atoms with E-state index >= 15 is 0 Å². The zero-order valence-electron chi connectivity index (χ0n) is 14.5. The monoisotopic (exact) mass is 575 g/mol. The predicted octanol–water partition coefficient (Wildman–Crippen LogP) is 0.551. The smallest absolute Gasteiger partial charge is 0.741 e. The molecular weight excluding hydrogens is 557 g/mol. The van der Waals surface area contributed by atoms with Crippen LogP contribution in [0.1, 0.15) is 13.8 Å². The maximum Gasteiger partial charge on any atom is 3.00 e. The van der Waals surface area contributed by atoms with Crippen LogP contribution in [-0.2, 0) is 52.4 Å². The van der Waals surface area contributed by atoms with Crippen molar-refractivity contribution >= 4 is 42.0 Å². The first-order valence-electron chi connectivity index (χ1n) is 7.34. The molecule has 26 heavy (non-hydrogen) atoms. The molecule has 0 bridgehead atoms. The molecule has 0 spiro atoms. The summed E-state index contributed by atoms with van der Waals surface area (Å²) in [7, 11) is 3.86. The van der Waals surface area contributed by atoms with E-state index in [1.54, 1.807) is 24.3 Å². The molecule has 1 N–H and O–H groups in total. The molecule has 142 valence electrons. The van der Waals surface area contributed by atoms with Gasteiger partial charge in [0, 0.05) is 37.0 Å². The standard InChI is InChI=1S/C9H9N5OS.C5H11N3S.Au/c1-6(15)10-7-3-2-4-8(5-7)14-9(16)11-12-13-14;1-4-7(2)5(9)6-8(4)3;/h2-5H,1H3,(H,10,15)(H,11,13,16);4H,1-3H3,(H,6,9);/q;;+3/p-2. The van der Waals surface area contributed by atoms with Crippen molar-refractivity contribution in [3.63, 3.8) is 0 Å². The Morgan fingerprint density at radius 1 is 1.27 bits per heavy atom. The molecule has 1 amide bonds. The number of nitrogens with zero attached hydrogens (tertiary/aromatic N) is 7. The number of anilines is 1. The van der Waals surface area contributed by atoms with Crippen LogP contribution in [0, 0.1) is 0 Å². The van der Waals surface area contributed by atoms with Crippen LogP contribution in [0.3, 0.4) is 0 Å². The van der Waals surface area contributed by atoms with Gasteiger partial charge in [-0.15, -0.1) is 5.10 Å². The van der Waals surface area contributed by atoms with Gasteiger partial charge in [0.15, 0.2) is 0 Å². The molecule has 9 nitrogen and oxygen atoms in total. The normalized spacial score (nSPS) is 15.5. The van der Waals surface area contributed by atoms with E-state index in [2.05, 4.69) is 32.9 Å². The van der Waals surface area contributed by atoms with Gasteiger partial charge in [0.2, 0.25) is 5.91 Å². The van der Waals surface area contributed by atoms with Crippen molar-refractivity contribution in [3.8, 4) is 5.69 Å². The van der Waals surface area contributed by atoms with Crippen LogP contribution in [0.4, 0.5) is 5.69 Å². The summed E-state index contributed by atoms with van der Waals surface area (Å²) in [6.07, 6.45) is 0.317. The van der Waals surface area contributed by atoms with Gasteiger partial charge in [-0.25, -0.2) is 4.68 Å². The van der Waals surface area contributed by atoms with E-state index in [-0.39, 0.29) is 33.4 Å². The second kappa shape index (κ2) is 9.78. The van der Waals surface area contributed by atoms with Gasteiger partial charge >= 0.3 is 22.4 Å². The maximum atomic E-state index is 10.9. The average molecular weight is 575 g/mol. The number of nitrogens with one attached hydrogen (secondary N) is 1. The number of tetrazole rings is 1. The third-order valence-corrected chi connectivity index (χ3v) is 4.12. The third-order valence-electron chi connectivity index (χ3n) is 3.50. The van der Waals surface area contributed by atoms with Crippen LogP contribution in [0.5, 0.6) is 0 Å². The molecule has 3 rings (SSSR count). The minimum Gasteiger partial charge on any atom is -0.741 e. The fourth-order valence-corrected chi connectivity index (χ4v) is 2.42. The van der Waals surface area contributed by atoms with Crippen molar-refractivity contribution in [1.29, 1.82) is 0 Å². The third kappa shape index (κ3) is 5.61. The van der Waals surface area contributed by atoms with Crippen LogP contribution in [0.25, 0.3) is 5.69 Å². The van der Waals surface area contributed by atoms with E-state index in [0.717, 1.165) is 0 Å². The first-order chi connectivity index (χ1) is 11.8. The molecule has 0 saturated heterocycles. The van der Waals surface area contributed by atoms with Gasteiger partial charge < -0.3 is 35.5 Å². The molecule has 0 radical (unpaired) electrons. The Bertz CT molecular complexity index is 784. The quantitative estimate of drug-likeness (QED) is 0.411. The number of rotatable bonds is 2. The van der Waals surface area contributed by atoms with Gasteiger partial charge in [-0.3, -0.25) is 9.80 Å². The number of benzene rings is 1. The van der Waals surface area contributed by atoms with E-state index in [9.17, 15) is 4.79 Å². The number of hydrazone groups is 1. The molecule has 12 heteroatoms. The van der Waals surface area contributed by atoms with E-state index in [4.69, 9.17) is 25.3 Å². The molecular formula is C14H18AuN8OS2+. The average Bonchev–Trinajstić information content (AvgIpc) is 3.07. The molecule has 1 aromatic heterocycles. The summed E-state index contributed by atoms with van der Waals surface area (Å²) in [4.78, 5) is 12.9. The molecule has 1 aliphatic rings. The summed E-state index contributed by atoms with van der Waals surface area (Å²) in [5.74, 6) is -0.132. The number of amidine groups is 1. The Morgan fingerprint density at radius 3 is 2.38 bits per heavy atom. The Kier molecular flexibility index (Phi) is 8.37. The molecule has 0 fully saturated rings. The van der Waals surface area contributed by atoms with Gasteiger partial charge in [-0.2, -0.15) is 5.10 Å². The van der Waals surface area contributed by atoms with Gasteiger partial charge in [0.1, 0.15) is 6.17 Å². The Morgan fingerprint density at radius 2 is 1.96 bits per heavy atom. The molecule has 1 aromatic carbocycles. The minimum absolute atomic E-state index is 0. The number of hydrogen-bond acceptors (Lipinski definition) is 9. The second-order valence-corrected chi connectivity index (χ2v) is 6.03. The Hall–Kier alpha value is -1.79. The van der Waals surface area contributed by atoms with Crippen LogP contribution < -0.4 is 5.32 Å². The van der Waals surface area contributed by atoms with Crippen molar-refractivity contribution in [1.82, 2.24) is 30.1 Å². The number of carbonyl (C=O) groups excluding carboxylic acids is 1. The largest absolute Gasteiger partial charge is 3.00 e. The fourth-order valence-electron chi connectivity index (χ4n) is 1.96. The van der Waals surface area contributed by atoms with Gasteiger partial charge in [0.05, 0.1) is 5.69 Å². The van der Waals surface area contributed by atoms with E-state index in [0.29, 0.717) is 22.7 Å². The topological polar surface area (TPSA) is 91.5 Å². The van der Waals surface area contributed by atoms with E-state index in [1.807, 2.05) is 24.0 Å². The summed E-state index contributed by atoms with van der Waals surface area (Å²) in [5, 5.41) is 20.3. The number of hydrogen-bond donors (Lipinski definition) is 1. The fraction of sp³-hybridized carbons (Fsp3) is 0.357. The first-order valence-corrected chi connectivity index (χ1v) is 8.16. The molecule has 1 unspecified atom stereocenters. The number of carbonyl (C=O) groups is 1. The number of amides is 1. The van der Waals surface area contributed by atoms with Gasteiger partial charge in [-0.05, 0) is 35.5 Å². The van der Waals surface area contributed by atoms with Gasteiger partial charge in [0.25, 0.3) is 0 Å². The molecule has 0 aliphatic carbocycles. The molecule has 2 aromatic rings. The van der Waals surface area contributed by atoms with Crippen molar-refractivity contribution in [2.24, 2.45) is 5.10 Å². The molecule has 1 aliphatic heterocycles. The first kappa shape index (κ1) is 22.3. The molecule has 1 atom stereocenters. The summed E-state index contributed by atoms with van der Waals surface area (Å²) in [5.41, 5.74) is 1.39. The van der Waals surface area contributed by atoms with Crippen LogP contribution >= 0.6 is 0 Å². The summed E-state index contributed by atoms with van der Waals surface area (Å²) in [6, 6.07) is 7.11. The van der Waals surface area contributed by atoms with E-state index in [1.165, 1.54) is 11.6 Å².